The second kappa shape index (κ2) is 8.17. The maximum atomic E-state index is 13.0. The SMILES string of the molecule is COc1ccc2nc(OC3CCN(S(=O)(=O)c4ccccc4OC)CC3)sc2c1. The molecule has 0 saturated carbocycles. The topological polar surface area (TPSA) is 78.0 Å². The minimum Gasteiger partial charge on any atom is -0.497 e. The quantitative estimate of drug-likeness (QED) is 0.591. The zero-order chi connectivity index (χ0) is 20.4. The Morgan fingerprint density at radius 2 is 1.83 bits per heavy atom. The molecule has 0 radical (unpaired) electrons. The molecule has 0 spiro atoms. The summed E-state index contributed by atoms with van der Waals surface area (Å²) >= 11 is 1.47. The van der Waals surface area contributed by atoms with Gasteiger partial charge in [-0.1, -0.05) is 23.5 Å². The molecule has 1 aromatic heterocycles. The summed E-state index contributed by atoms with van der Waals surface area (Å²) in [5.74, 6) is 1.14. The van der Waals surface area contributed by atoms with Crippen LogP contribution in [-0.4, -0.2) is 51.1 Å². The van der Waals surface area contributed by atoms with Crippen molar-refractivity contribution in [3.8, 4) is 16.7 Å². The molecule has 1 aliphatic heterocycles. The third-order valence-corrected chi connectivity index (χ3v) is 7.78. The Labute approximate surface area is 173 Å². The highest BCUT2D eigenvalue weighted by Gasteiger charge is 2.32. The fraction of sp³-hybridized carbons (Fsp3) is 0.350. The third kappa shape index (κ3) is 4.03. The highest BCUT2D eigenvalue weighted by molar-refractivity contribution is 7.89. The van der Waals surface area contributed by atoms with Crippen molar-refractivity contribution in [3.05, 3.63) is 42.5 Å². The van der Waals surface area contributed by atoms with E-state index < -0.39 is 10.0 Å². The molecule has 0 atom stereocenters. The number of hydrogen-bond acceptors (Lipinski definition) is 7. The van der Waals surface area contributed by atoms with Crippen LogP contribution in [0.5, 0.6) is 16.7 Å². The van der Waals surface area contributed by atoms with E-state index in [9.17, 15) is 8.42 Å². The first-order valence-electron chi connectivity index (χ1n) is 9.25. The molecule has 7 nitrogen and oxygen atoms in total. The van der Waals surface area contributed by atoms with Crippen LogP contribution in [0.4, 0.5) is 0 Å². The summed E-state index contributed by atoms with van der Waals surface area (Å²) < 4.78 is 45.0. The number of fused-ring (bicyclic) bond motifs is 1. The van der Waals surface area contributed by atoms with E-state index in [1.807, 2.05) is 18.2 Å². The maximum Gasteiger partial charge on any atom is 0.274 e. The lowest BCUT2D eigenvalue weighted by Gasteiger charge is -2.31. The molecule has 2 aromatic carbocycles. The third-order valence-electron chi connectivity index (χ3n) is 4.93. The average Bonchev–Trinajstić information content (AvgIpc) is 3.15. The lowest BCUT2D eigenvalue weighted by Crippen LogP contribution is -2.41. The van der Waals surface area contributed by atoms with Gasteiger partial charge in [-0.15, -0.1) is 0 Å². The minimum absolute atomic E-state index is 0.0680. The van der Waals surface area contributed by atoms with E-state index in [4.69, 9.17) is 14.2 Å². The molecule has 0 N–H and O–H groups in total. The first-order valence-corrected chi connectivity index (χ1v) is 11.5. The van der Waals surface area contributed by atoms with Gasteiger partial charge in [-0.05, 0) is 43.2 Å². The molecule has 4 rings (SSSR count). The number of rotatable bonds is 6. The van der Waals surface area contributed by atoms with Crippen molar-refractivity contribution in [2.75, 3.05) is 27.3 Å². The normalized spacial score (nSPS) is 16.1. The molecule has 1 saturated heterocycles. The Kier molecular flexibility index (Phi) is 5.62. The number of piperidine rings is 1. The Morgan fingerprint density at radius 1 is 1.07 bits per heavy atom. The molecule has 2 heterocycles. The monoisotopic (exact) mass is 434 g/mol. The molecule has 1 fully saturated rings. The van der Waals surface area contributed by atoms with Crippen molar-refractivity contribution in [2.45, 2.75) is 23.8 Å². The summed E-state index contributed by atoms with van der Waals surface area (Å²) in [4.78, 5) is 4.71. The molecule has 3 aromatic rings. The fourth-order valence-corrected chi connectivity index (χ4v) is 5.90. The van der Waals surface area contributed by atoms with E-state index in [1.54, 1.807) is 31.4 Å². The van der Waals surface area contributed by atoms with Gasteiger partial charge in [-0.3, -0.25) is 0 Å². The van der Waals surface area contributed by atoms with E-state index >= 15 is 0 Å². The second-order valence-electron chi connectivity index (χ2n) is 6.69. The summed E-state index contributed by atoms with van der Waals surface area (Å²) in [6, 6.07) is 12.4. The van der Waals surface area contributed by atoms with Crippen molar-refractivity contribution in [1.29, 1.82) is 0 Å². The van der Waals surface area contributed by atoms with Crippen LogP contribution in [0.15, 0.2) is 47.4 Å². The van der Waals surface area contributed by atoms with Crippen LogP contribution >= 0.6 is 11.3 Å². The average molecular weight is 435 g/mol. The second-order valence-corrected chi connectivity index (χ2v) is 9.59. The van der Waals surface area contributed by atoms with Gasteiger partial charge in [0.1, 0.15) is 22.5 Å². The van der Waals surface area contributed by atoms with Gasteiger partial charge in [-0.2, -0.15) is 4.31 Å². The number of thiazole rings is 1. The van der Waals surface area contributed by atoms with Gasteiger partial charge >= 0.3 is 0 Å². The standard InChI is InChI=1S/C20H22N2O5S2/c1-25-15-7-8-16-18(13-15)28-20(21-16)27-14-9-11-22(12-10-14)29(23,24)19-6-4-3-5-17(19)26-2/h3-8,13-14H,9-12H2,1-2H3. The van der Waals surface area contributed by atoms with Crippen LogP contribution in [0, 0.1) is 0 Å². The van der Waals surface area contributed by atoms with E-state index in [1.165, 1.54) is 22.8 Å². The first kappa shape index (κ1) is 19.9. The van der Waals surface area contributed by atoms with E-state index in [0.717, 1.165) is 16.0 Å². The summed E-state index contributed by atoms with van der Waals surface area (Å²) in [5.41, 5.74) is 0.863. The fourth-order valence-electron chi connectivity index (χ4n) is 3.37. The highest BCUT2D eigenvalue weighted by atomic mass is 32.2. The number of sulfonamides is 1. The Bertz CT molecular complexity index is 1110. The zero-order valence-electron chi connectivity index (χ0n) is 16.2. The van der Waals surface area contributed by atoms with Gasteiger partial charge in [0.05, 0.1) is 24.4 Å². The summed E-state index contributed by atoms with van der Waals surface area (Å²) in [6.07, 6.45) is 1.14. The first-order chi connectivity index (χ1) is 14.0. The van der Waals surface area contributed by atoms with Crippen molar-refractivity contribution in [3.63, 3.8) is 0 Å². The molecule has 154 valence electrons. The Balaban J connectivity index is 1.43. The highest BCUT2D eigenvalue weighted by Crippen LogP contribution is 2.33. The molecule has 0 bridgehead atoms. The van der Waals surface area contributed by atoms with Gasteiger partial charge in [-0.25, -0.2) is 13.4 Å². The van der Waals surface area contributed by atoms with Crippen LogP contribution in [0.2, 0.25) is 0 Å². The smallest absolute Gasteiger partial charge is 0.274 e. The van der Waals surface area contributed by atoms with Crippen LogP contribution in [0.25, 0.3) is 10.2 Å². The molecule has 9 heteroatoms. The van der Waals surface area contributed by atoms with Crippen LogP contribution in [0.3, 0.4) is 0 Å². The summed E-state index contributed by atoms with van der Waals surface area (Å²) in [6.45, 7) is 0.785. The molecule has 29 heavy (non-hydrogen) atoms. The number of methoxy groups -OCH3 is 2. The molecule has 0 unspecified atom stereocenters. The minimum atomic E-state index is -3.60. The van der Waals surface area contributed by atoms with E-state index in [-0.39, 0.29) is 11.0 Å². The zero-order valence-corrected chi connectivity index (χ0v) is 17.8. The van der Waals surface area contributed by atoms with Crippen LogP contribution in [-0.2, 0) is 10.0 Å². The Morgan fingerprint density at radius 3 is 2.55 bits per heavy atom. The number of para-hydroxylation sites is 1. The van der Waals surface area contributed by atoms with Crippen LogP contribution < -0.4 is 14.2 Å². The van der Waals surface area contributed by atoms with Gasteiger partial charge in [0.25, 0.3) is 5.19 Å². The van der Waals surface area contributed by atoms with Gasteiger partial charge in [0.15, 0.2) is 0 Å². The number of nitrogens with zero attached hydrogens (tertiary/aromatic N) is 2. The van der Waals surface area contributed by atoms with Crippen molar-refractivity contribution < 1.29 is 22.6 Å². The molecule has 0 aliphatic carbocycles. The molecular weight excluding hydrogens is 412 g/mol. The van der Waals surface area contributed by atoms with Crippen molar-refractivity contribution in [1.82, 2.24) is 9.29 Å². The van der Waals surface area contributed by atoms with Crippen molar-refractivity contribution >= 4 is 31.6 Å². The predicted molar refractivity (Wildman–Crippen MR) is 112 cm³/mol. The van der Waals surface area contributed by atoms with E-state index in [0.29, 0.717) is 36.9 Å². The van der Waals surface area contributed by atoms with Crippen molar-refractivity contribution in [2.24, 2.45) is 0 Å². The summed E-state index contributed by atoms with van der Waals surface area (Å²) in [7, 11) is -0.498. The largest absolute Gasteiger partial charge is 0.497 e. The predicted octanol–water partition coefficient (Wildman–Crippen LogP) is 3.55. The van der Waals surface area contributed by atoms with E-state index in [2.05, 4.69) is 4.98 Å². The number of benzene rings is 2. The van der Waals surface area contributed by atoms with Crippen LogP contribution in [0.1, 0.15) is 12.8 Å². The lowest BCUT2D eigenvalue weighted by molar-refractivity contribution is 0.135. The number of aromatic nitrogens is 1. The van der Waals surface area contributed by atoms with Gasteiger partial charge in [0.2, 0.25) is 10.0 Å². The molecule has 1 aliphatic rings. The molecule has 0 amide bonds. The van der Waals surface area contributed by atoms with Gasteiger partial charge in [0, 0.05) is 13.1 Å². The molecular formula is C20H22N2O5S2. The van der Waals surface area contributed by atoms with Gasteiger partial charge < -0.3 is 14.2 Å². The lowest BCUT2D eigenvalue weighted by atomic mass is 10.1. The maximum absolute atomic E-state index is 13.0. The number of hydrogen-bond donors (Lipinski definition) is 0. The Hall–Kier alpha value is -2.36. The number of ether oxygens (including phenoxy) is 3. The summed E-state index contributed by atoms with van der Waals surface area (Å²) in [5, 5.41) is 0.597.